The van der Waals surface area contributed by atoms with Gasteiger partial charge in [-0.25, -0.2) is 9.18 Å². The van der Waals surface area contributed by atoms with E-state index in [-0.39, 0.29) is 11.4 Å². The average molecular weight is 373 g/mol. The molecule has 3 rings (SSSR count). The van der Waals surface area contributed by atoms with Gasteiger partial charge >= 0.3 is 5.63 Å². The van der Waals surface area contributed by atoms with E-state index in [0.29, 0.717) is 21.0 Å². The van der Waals surface area contributed by atoms with E-state index in [9.17, 15) is 14.0 Å². The molecule has 3 nitrogen and oxygen atoms in total. The lowest BCUT2D eigenvalue weighted by Crippen LogP contribution is -2.11. The molecule has 0 bridgehead atoms. The molecule has 0 saturated heterocycles. The highest BCUT2D eigenvalue weighted by Gasteiger charge is 2.11. The number of allylic oxidation sites excluding steroid dienone is 1. The zero-order valence-electron chi connectivity index (χ0n) is 11.8. The van der Waals surface area contributed by atoms with E-state index in [1.165, 1.54) is 30.4 Å². The molecule has 0 aliphatic heterocycles. The van der Waals surface area contributed by atoms with E-state index in [1.807, 2.05) is 0 Å². The lowest BCUT2D eigenvalue weighted by molar-refractivity contribution is 0.104. The second-order valence-corrected chi connectivity index (χ2v) is 5.71. The lowest BCUT2D eigenvalue weighted by Gasteiger charge is -1.99. The van der Waals surface area contributed by atoms with Gasteiger partial charge in [-0.3, -0.25) is 4.79 Å². The maximum atomic E-state index is 13.2. The Morgan fingerprint density at radius 3 is 2.70 bits per heavy atom. The van der Waals surface area contributed by atoms with Gasteiger partial charge in [0.2, 0.25) is 0 Å². The molecule has 0 spiro atoms. The fourth-order valence-corrected chi connectivity index (χ4v) is 2.51. The van der Waals surface area contributed by atoms with Crippen LogP contribution in [0.1, 0.15) is 15.9 Å². The van der Waals surface area contributed by atoms with Crippen molar-refractivity contribution < 1.29 is 13.6 Å². The van der Waals surface area contributed by atoms with Crippen LogP contribution in [0.5, 0.6) is 0 Å². The van der Waals surface area contributed by atoms with Crippen molar-refractivity contribution in [1.29, 1.82) is 0 Å². The van der Waals surface area contributed by atoms with Gasteiger partial charge in [0, 0.05) is 5.39 Å². The van der Waals surface area contributed by atoms with Crippen LogP contribution in [0.2, 0.25) is 0 Å². The fraction of sp³-hybridized carbons (Fsp3) is 0. The predicted molar refractivity (Wildman–Crippen MR) is 89.9 cm³/mol. The number of carbonyl (C=O) groups is 1. The van der Waals surface area contributed by atoms with Crippen LogP contribution in [-0.4, -0.2) is 5.78 Å². The zero-order chi connectivity index (χ0) is 16.4. The van der Waals surface area contributed by atoms with Gasteiger partial charge in [0.05, 0.1) is 4.47 Å². The first-order chi connectivity index (χ1) is 11.0. The molecular weight excluding hydrogens is 363 g/mol. The summed E-state index contributed by atoms with van der Waals surface area (Å²) in [5.74, 6) is -0.853. The van der Waals surface area contributed by atoms with E-state index in [2.05, 4.69) is 15.9 Å². The van der Waals surface area contributed by atoms with Gasteiger partial charge in [-0.05, 0) is 51.8 Å². The third kappa shape index (κ3) is 3.29. The number of ketones is 1. The summed E-state index contributed by atoms with van der Waals surface area (Å²) < 4.78 is 18.6. The smallest absolute Gasteiger partial charge is 0.347 e. The molecule has 0 aliphatic rings. The van der Waals surface area contributed by atoms with Crippen LogP contribution in [0.15, 0.2) is 68.3 Å². The summed E-state index contributed by atoms with van der Waals surface area (Å²) in [5, 5.41) is 0.674. The molecule has 2 aromatic carbocycles. The normalized spacial score (nSPS) is 11.2. The van der Waals surface area contributed by atoms with Gasteiger partial charge in [0.1, 0.15) is 17.0 Å². The number of rotatable bonds is 3. The molecule has 1 aromatic heterocycles. The van der Waals surface area contributed by atoms with Crippen molar-refractivity contribution in [3.05, 3.63) is 86.4 Å². The molecule has 5 heteroatoms. The first kappa shape index (κ1) is 15.4. The molecule has 114 valence electrons. The van der Waals surface area contributed by atoms with Gasteiger partial charge in [-0.2, -0.15) is 0 Å². The van der Waals surface area contributed by atoms with Crippen LogP contribution in [-0.2, 0) is 0 Å². The molecular formula is C18H10BrFO3. The molecule has 3 aromatic rings. The maximum absolute atomic E-state index is 13.2. The standard InChI is InChI=1S/C18H10BrFO3/c19-14-9-11(5-7-15(14)20)6-8-16(21)13-10-12-3-1-2-4-17(12)23-18(13)22/h1-10H/b8-6+. The van der Waals surface area contributed by atoms with Crippen LogP contribution in [0.25, 0.3) is 17.0 Å². The van der Waals surface area contributed by atoms with Crippen molar-refractivity contribution in [1.82, 2.24) is 0 Å². The van der Waals surface area contributed by atoms with Gasteiger partial charge in [-0.15, -0.1) is 0 Å². The number of halogens is 2. The SMILES string of the molecule is O=C(/C=C/c1ccc(F)c(Br)c1)c1cc2ccccc2oc1=O. The van der Waals surface area contributed by atoms with Crippen molar-refractivity contribution in [3.63, 3.8) is 0 Å². The van der Waals surface area contributed by atoms with Crippen LogP contribution >= 0.6 is 15.9 Å². The highest BCUT2D eigenvalue weighted by Crippen LogP contribution is 2.18. The van der Waals surface area contributed by atoms with Crippen molar-refractivity contribution in [2.24, 2.45) is 0 Å². The maximum Gasteiger partial charge on any atom is 0.347 e. The van der Waals surface area contributed by atoms with Gasteiger partial charge in [0.25, 0.3) is 0 Å². The van der Waals surface area contributed by atoms with Crippen LogP contribution < -0.4 is 5.63 Å². The Hall–Kier alpha value is -2.53. The Bertz CT molecular complexity index is 989. The number of carbonyl (C=O) groups excluding carboxylic acids is 1. The molecule has 23 heavy (non-hydrogen) atoms. The summed E-state index contributed by atoms with van der Waals surface area (Å²) in [6, 6.07) is 12.8. The summed E-state index contributed by atoms with van der Waals surface area (Å²) >= 11 is 3.08. The van der Waals surface area contributed by atoms with Crippen LogP contribution in [0, 0.1) is 5.82 Å². The largest absolute Gasteiger partial charge is 0.422 e. The Morgan fingerprint density at radius 2 is 1.91 bits per heavy atom. The zero-order valence-corrected chi connectivity index (χ0v) is 13.3. The van der Waals surface area contributed by atoms with E-state index >= 15 is 0 Å². The van der Waals surface area contributed by atoms with Gasteiger partial charge in [0.15, 0.2) is 5.78 Å². The Morgan fingerprint density at radius 1 is 1.13 bits per heavy atom. The minimum Gasteiger partial charge on any atom is -0.422 e. The monoisotopic (exact) mass is 372 g/mol. The van der Waals surface area contributed by atoms with E-state index in [1.54, 1.807) is 30.3 Å². The molecule has 0 aliphatic carbocycles. The molecule has 0 fully saturated rings. The van der Waals surface area contributed by atoms with Crippen molar-refractivity contribution >= 4 is 38.8 Å². The minimum atomic E-state index is -0.682. The van der Waals surface area contributed by atoms with Crippen LogP contribution in [0.3, 0.4) is 0 Å². The minimum absolute atomic E-state index is 0.0406. The summed E-state index contributed by atoms with van der Waals surface area (Å²) in [5.41, 5.74) is 0.345. The molecule has 0 saturated carbocycles. The second-order valence-electron chi connectivity index (χ2n) is 4.86. The van der Waals surface area contributed by atoms with E-state index in [4.69, 9.17) is 4.42 Å². The van der Waals surface area contributed by atoms with Crippen molar-refractivity contribution in [2.75, 3.05) is 0 Å². The Kier molecular flexibility index (Phi) is 4.21. The third-order valence-corrected chi connectivity index (χ3v) is 3.89. The number of hydrogen-bond donors (Lipinski definition) is 0. The average Bonchev–Trinajstić information content (AvgIpc) is 2.55. The summed E-state index contributed by atoms with van der Waals surface area (Å²) in [6.45, 7) is 0. The van der Waals surface area contributed by atoms with Gasteiger partial charge in [-0.1, -0.05) is 30.3 Å². The highest BCUT2D eigenvalue weighted by molar-refractivity contribution is 9.10. The second kappa shape index (κ2) is 6.30. The third-order valence-electron chi connectivity index (χ3n) is 3.28. The van der Waals surface area contributed by atoms with Crippen LogP contribution in [0.4, 0.5) is 4.39 Å². The summed E-state index contributed by atoms with van der Waals surface area (Å²) in [7, 11) is 0. The first-order valence-corrected chi connectivity index (χ1v) is 7.54. The predicted octanol–water partition coefficient (Wildman–Crippen LogP) is 4.59. The van der Waals surface area contributed by atoms with E-state index < -0.39 is 11.4 Å². The topological polar surface area (TPSA) is 47.3 Å². The fourth-order valence-electron chi connectivity index (χ4n) is 2.11. The molecule has 0 unspecified atom stereocenters. The first-order valence-electron chi connectivity index (χ1n) is 6.75. The molecule has 0 atom stereocenters. The Balaban J connectivity index is 1.93. The quantitative estimate of drug-likeness (QED) is 0.383. The summed E-state index contributed by atoms with van der Waals surface area (Å²) in [6.07, 6.45) is 2.78. The number of para-hydroxylation sites is 1. The number of hydrogen-bond acceptors (Lipinski definition) is 3. The van der Waals surface area contributed by atoms with E-state index in [0.717, 1.165) is 0 Å². The molecule has 0 N–H and O–H groups in total. The molecule has 0 radical (unpaired) electrons. The number of fused-ring (bicyclic) bond motifs is 1. The highest BCUT2D eigenvalue weighted by atomic mass is 79.9. The lowest BCUT2D eigenvalue weighted by atomic mass is 10.1. The molecule has 1 heterocycles. The Labute approximate surface area is 139 Å². The summed E-state index contributed by atoms with van der Waals surface area (Å²) in [4.78, 5) is 24.1. The number of benzene rings is 2. The van der Waals surface area contributed by atoms with Crippen molar-refractivity contribution in [3.8, 4) is 0 Å². The molecule has 0 amide bonds. The van der Waals surface area contributed by atoms with Gasteiger partial charge < -0.3 is 4.42 Å². The van der Waals surface area contributed by atoms with Crippen molar-refractivity contribution in [2.45, 2.75) is 0 Å².